The van der Waals surface area contributed by atoms with Crippen LogP contribution in [-0.2, 0) is 0 Å². The second-order valence-corrected chi connectivity index (χ2v) is 10.2. The SMILES string of the molecule is CCCCCCN(CCCCCC)c1nc(N)c(C2=NC(=N)c3ccc(-c4ccccc4)cc32)s1. The van der Waals surface area contributed by atoms with Gasteiger partial charge in [-0.1, -0.05) is 100 Å². The van der Waals surface area contributed by atoms with Gasteiger partial charge in [0.05, 0.1) is 10.6 Å². The number of benzene rings is 2. The Kier molecular flexibility index (Phi) is 8.69. The van der Waals surface area contributed by atoms with E-state index >= 15 is 0 Å². The van der Waals surface area contributed by atoms with E-state index in [1.807, 2.05) is 24.3 Å². The molecule has 0 spiro atoms. The van der Waals surface area contributed by atoms with Crippen LogP contribution in [0.2, 0.25) is 0 Å². The molecule has 5 nitrogen and oxygen atoms in total. The smallest absolute Gasteiger partial charge is 0.187 e. The molecule has 0 aliphatic carbocycles. The fourth-order valence-electron chi connectivity index (χ4n) is 4.55. The Balaban J connectivity index is 1.60. The number of hydrogen-bond acceptors (Lipinski definition) is 5. The molecule has 4 rings (SSSR count). The van der Waals surface area contributed by atoms with Crippen molar-refractivity contribution in [2.45, 2.75) is 65.2 Å². The van der Waals surface area contributed by atoms with E-state index in [-0.39, 0.29) is 0 Å². The van der Waals surface area contributed by atoms with E-state index in [0.29, 0.717) is 11.7 Å². The number of fused-ring (bicyclic) bond motifs is 1. The Morgan fingerprint density at radius 3 is 2.17 bits per heavy atom. The lowest BCUT2D eigenvalue weighted by Crippen LogP contribution is -2.25. The molecule has 6 heteroatoms. The number of aromatic nitrogens is 1. The molecule has 0 fully saturated rings. The molecule has 1 aliphatic heterocycles. The van der Waals surface area contributed by atoms with E-state index in [2.05, 4.69) is 48.0 Å². The number of aliphatic imine (C=N–C) groups is 1. The van der Waals surface area contributed by atoms with Gasteiger partial charge in [0.15, 0.2) is 11.0 Å². The summed E-state index contributed by atoms with van der Waals surface area (Å²) in [4.78, 5) is 12.7. The zero-order valence-electron chi connectivity index (χ0n) is 21.0. The van der Waals surface area contributed by atoms with Gasteiger partial charge < -0.3 is 10.6 Å². The molecule has 0 saturated carbocycles. The van der Waals surface area contributed by atoms with Crippen molar-refractivity contribution in [2.24, 2.45) is 4.99 Å². The Morgan fingerprint density at radius 1 is 0.829 bits per heavy atom. The summed E-state index contributed by atoms with van der Waals surface area (Å²) >= 11 is 1.62. The number of unbranched alkanes of at least 4 members (excludes halogenated alkanes) is 6. The summed E-state index contributed by atoms with van der Waals surface area (Å²) in [6, 6.07) is 16.5. The number of nitrogens with zero attached hydrogens (tertiary/aromatic N) is 3. The molecule has 0 bridgehead atoms. The molecular formula is C29H37N5S. The minimum Gasteiger partial charge on any atom is -0.382 e. The van der Waals surface area contributed by atoms with E-state index in [1.54, 1.807) is 11.3 Å². The average molecular weight is 488 g/mol. The molecule has 0 radical (unpaired) electrons. The van der Waals surface area contributed by atoms with Gasteiger partial charge in [0.25, 0.3) is 0 Å². The lowest BCUT2D eigenvalue weighted by molar-refractivity contribution is 0.608. The summed E-state index contributed by atoms with van der Waals surface area (Å²) in [5.74, 6) is 0.807. The van der Waals surface area contributed by atoms with Crippen molar-refractivity contribution in [3.63, 3.8) is 0 Å². The molecule has 3 N–H and O–H groups in total. The quantitative estimate of drug-likeness (QED) is 0.244. The van der Waals surface area contributed by atoms with Gasteiger partial charge in [-0.2, -0.15) is 0 Å². The Hall–Kier alpha value is -2.99. The van der Waals surface area contributed by atoms with E-state index in [0.717, 1.165) is 51.1 Å². The van der Waals surface area contributed by atoms with Gasteiger partial charge >= 0.3 is 0 Å². The third-order valence-electron chi connectivity index (χ3n) is 6.55. The first-order valence-corrected chi connectivity index (χ1v) is 13.8. The highest BCUT2D eigenvalue weighted by Crippen LogP contribution is 2.35. The molecule has 2 heterocycles. The second-order valence-electron chi connectivity index (χ2n) is 9.25. The maximum Gasteiger partial charge on any atom is 0.187 e. The monoisotopic (exact) mass is 487 g/mol. The number of amidine groups is 1. The summed E-state index contributed by atoms with van der Waals surface area (Å²) in [6.07, 6.45) is 9.85. The molecule has 2 aromatic carbocycles. The Morgan fingerprint density at radius 2 is 1.51 bits per heavy atom. The van der Waals surface area contributed by atoms with Crippen LogP contribution in [0.1, 0.15) is 81.2 Å². The van der Waals surface area contributed by atoms with Gasteiger partial charge in [-0.05, 0) is 36.1 Å². The lowest BCUT2D eigenvalue weighted by Gasteiger charge is -2.21. The first kappa shape index (κ1) is 25.1. The number of nitrogens with one attached hydrogen (secondary N) is 1. The number of thiazole rings is 1. The predicted octanol–water partition coefficient (Wildman–Crippen LogP) is 7.54. The fourth-order valence-corrected chi connectivity index (χ4v) is 5.59. The van der Waals surface area contributed by atoms with Crippen LogP contribution in [0.3, 0.4) is 0 Å². The number of nitrogens with two attached hydrogens (primary N) is 1. The molecule has 1 aliphatic rings. The van der Waals surface area contributed by atoms with Crippen molar-refractivity contribution in [1.82, 2.24) is 4.98 Å². The van der Waals surface area contributed by atoms with Crippen molar-refractivity contribution in [2.75, 3.05) is 23.7 Å². The number of nitrogen functional groups attached to an aromatic ring is 1. The molecule has 3 aromatic rings. The molecule has 35 heavy (non-hydrogen) atoms. The van der Waals surface area contributed by atoms with Crippen LogP contribution < -0.4 is 10.6 Å². The van der Waals surface area contributed by atoms with E-state index in [9.17, 15) is 0 Å². The second kappa shape index (κ2) is 12.1. The minimum absolute atomic E-state index is 0.292. The normalized spacial score (nSPS) is 12.6. The summed E-state index contributed by atoms with van der Waals surface area (Å²) in [6.45, 7) is 6.51. The largest absolute Gasteiger partial charge is 0.382 e. The summed E-state index contributed by atoms with van der Waals surface area (Å²) < 4.78 is 0. The van der Waals surface area contributed by atoms with Gasteiger partial charge in [0.1, 0.15) is 5.82 Å². The first-order chi connectivity index (χ1) is 17.1. The van der Waals surface area contributed by atoms with Gasteiger partial charge in [0.2, 0.25) is 0 Å². The highest BCUT2D eigenvalue weighted by atomic mass is 32.1. The van der Waals surface area contributed by atoms with Crippen LogP contribution in [0.4, 0.5) is 10.9 Å². The third kappa shape index (κ3) is 5.99. The Labute approximate surface area is 213 Å². The van der Waals surface area contributed by atoms with E-state index in [1.165, 1.54) is 51.4 Å². The van der Waals surface area contributed by atoms with E-state index < -0.39 is 0 Å². The van der Waals surface area contributed by atoms with Crippen molar-refractivity contribution in [3.8, 4) is 11.1 Å². The molecule has 1 aromatic heterocycles. The van der Waals surface area contributed by atoms with Crippen molar-refractivity contribution in [3.05, 3.63) is 64.5 Å². The molecular weight excluding hydrogens is 450 g/mol. The van der Waals surface area contributed by atoms with Crippen LogP contribution in [-0.4, -0.2) is 29.6 Å². The maximum absolute atomic E-state index is 8.45. The van der Waals surface area contributed by atoms with Gasteiger partial charge in [0, 0.05) is 24.2 Å². The van der Waals surface area contributed by atoms with Crippen LogP contribution in [0.15, 0.2) is 53.5 Å². The molecule has 0 saturated heterocycles. The van der Waals surface area contributed by atoms with Crippen LogP contribution in [0, 0.1) is 5.41 Å². The van der Waals surface area contributed by atoms with Gasteiger partial charge in [-0.25, -0.2) is 9.98 Å². The molecule has 0 atom stereocenters. The standard InChI is InChI=1S/C29H37N5S/c1-3-5-7-12-18-34(19-13-8-6-4-2)29-33-28(31)26(35-29)25-24-20-22(21-14-10-9-11-15-21)16-17-23(24)27(30)32-25/h9-11,14-17,20,30H,3-8,12-13,18-19,31H2,1-2H3. The molecule has 0 unspecified atom stereocenters. The third-order valence-corrected chi connectivity index (χ3v) is 7.69. The van der Waals surface area contributed by atoms with Gasteiger partial charge in [-0.3, -0.25) is 5.41 Å². The number of anilines is 2. The topological polar surface area (TPSA) is 78.4 Å². The molecule has 184 valence electrons. The zero-order valence-corrected chi connectivity index (χ0v) is 21.8. The first-order valence-electron chi connectivity index (χ1n) is 13.0. The summed E-state index contributed by atoms with van der Waals surface area (Å²) in [5.41, 5.74) is 11.3. The maximum atomic E-state index is 8.45. The Bertz CT molecular complexity index is 1150. The van der Waals surface area contributed by atoms with Crippen LogP contribution >= 0.6 is 11.3 Å². The fraction of sp³-hybridized carbons (Fsp3) is 0.414. The average Bonchev–Trinajstić information content (AvgIpc) is 3.42. The lowest BCUT2D eigenvalue weighted by atomic mass is 9.97. The summed E-state index contributed by atoms with van der Waals surface area (Å²) in [7, 11) is 0. The van der Waals surface area contributed by atoms with Crippen molar-refractivity contribution < 1.29 is 0 Å². The van der Waals surface area contributed by atoms with Gasteiger partial charge in [-0.15, -0.1) is 0 Å². The van der Waals surface area contributed by atoms with E-state index in [4.69, 9.17) is 16.1 Å². The highest BCUT2D eigenvalue weighted by Gasteiger charge is 2.27. The highest BCUT2D eigenvalue weighted by molar-refractivity contribution is 7.18. The summed E-state index contributed by atoms with van der Waals surface area (Å²) in [5, 5.41) is 9.43. The minimum atomic E-state index is 0.292. The van der Waals surface area contributed by atoms with Crippen LogP contribution in [0.25, 0.3) is 11.1 Å². The van der Waals surface area contributed by atoms with Crippen LogP contribution in [0.5, 0.6) is 0 Å². The van der Waals surface area contributed by atoms with Crippen molar-refractivity contribution >= 4 is 33.8 Å². The van der Waals surface area contributed by atoms with Crippen molar-refractivity contribution in [1.29, 1.82) is 5.41 Å². The predicted molar refractivity (Wildman–Crippen MR) is 151 cm³/mol. The zero-order chi connectivity index (χ0) is 24.6. The molecule has 0 amide bonds. The number of rotatable bonds is 13. The number of hydrogen-bond donors (Lipinski definition) is 2.